The molecular weight excluding hydrogens is 376 g/mol. The lowest BCUT2D eigenvalue weighted by Gasteiger charge is -2.32. The highest BCUT2D eigenvalue weighted by Crippen LogP contribution is 2.33. The third-order valence-electron chi connectivity index (χ3n) is 3.84. The minimum absolute atomic E-state index is 0.0305. The Morgan fingerprint density at radius 2 is 2.22 bits per heavy atom. The summed E-state index contributed by atoms with van der Waals surface area (Å²) < 4.78 is 6.18. The van der Waals surface area contributed by atoms with E-state index in [9.17, 15) is 4.79 Å². The first-order chi connectivity index (χ1) is 10.9. The van der Waals surface area contributed by atoms with Crippen LogP contribution in [0.15, 0.2) is 27.7 Å². The van der Waals surface area contributed by atoms with Gasteiger partial charge in [-0.15, -0.1) is 0 Å². The number of hydrogen-bond acceptors (Lipinski definition) is 3. The van der Waals surface area contributed by atoms with E-state index in [2.05, 4.69) is 46.6 Å². The van der Waals surface area contributed by atoms with Gasteiger partial charge in [0.15, 0.2) is 5.17 Å². The molecule has 126 valence electrons. The van der Waals surface area contributed by atoms with Gasteiger partial charge in [0.25, 0.3) is 5.91 Å². The highest BCUT2D eigenvalue weighted by molar-refractivity contribution is 9.10. The predicted molar refractivity (Wildman–Crippen MR) is 101 cm³/mol. The van der Waals surface area contributed by atoms with Crippen molar-refractivity contribution in [3.05, 3.63) is 28.2 Å². The van der Waals surface area contributed by atoms with E-state index in [1.807, 2.05) is 6.07 Å². The molecule has 1 saturated heterocycles. The molecule has 4 nitrogen and oxygen atoms in total. The third-order valence-corrected chi connectivity index (χ3v) is 5.76. The summed E-state index contributed by atoms with van der Waals surface area (Å²) in [7, 11) is 1.56. The number of aliphatic imine (C=N–C) groups is 1. The maximum atomic E-state index is 12.6. The van der Waals surface area contributed by atoms with Gasteiger partial charge in [-0.05, 0) is 38.5 Å². The highest BCUT2D eigenvalue weighted by Gasteiger charge is 2.37. The second-order valence-corrected chi connectivity index (χ2v) is 8.01. The van der Waals surface area contributed by atoms with Crippen LogP contribution in [-0.4, -0.2) is 40.9 Å². The number of nitrogens with zero attached hydrogens (tertiary/aromatic N) is 2. The summed E-state index contributed by atoms with van der Waals surface area (Å²) in [5.74, 6) is 1.23. The largest absolute Gasteiger partial charge is 0.496 e. The molecule has 0 bridgehead atoms. The van der Waals surface area contributed by atoms with Gasteiger partial charge in [0.05, 0.1) is 12.7 Å². The van der Waals surface area contributed by atoms with Crippen LogP contribution in [0, 0.1) is 0 Å². The van der Waals surface area contributed by atoms with E-state index in [0.717, 1.165) is 34.8 Å². The van der Waals surface area contributed by atoms with Gasteiger partial charge >= 0.3 is 0 Å². The Kier molecular flexibility index (Phi) is 6.14. The number of hydrogen-bond donors (Lipinski definition) is 0. The van der Waals surface area contributed by atoms with Crippen LogP contribution >= 0.6 is 27.7 Å². The molecule has 1 heterocycles. The number of benzene rings is 1. The van der Waals surface area contributed by atoms with E-state index < -0.39 is 0 Å². The van der Waals surface area contributed by atoms with Crippen LogP contribution in [0.25, 0.3) is 0 Å². The number of rotatable bonds is 5. The maximum Gasteiger partial charge on any atom is 0.283 e. The topological polar surface area (TPSA) is 41.9 Å². The van der Waals surface area contributed by atoms with Crippen molar-refractivity contribution in [2.24, 2.45) is 4.99 Å². The second kappa shape index (κ2) is 7.71. The van der Waals surface area contributed by atoms with Gasteiger partial charge in [-0.1, -0.05) is 41.0 Å². The zero-order valence-corrected chi connectivity index (χ0v) is 16.5. The minimum Gasteiger partial charge on any atom is -0.496 e. The third kappa shape index (κ3) is 4.29. The fourth-order valence-electron chi connectivity index (χ4n) is 2.45. The lowest BCUT2D eigenvalue weighted by atomic mass is 10.1. The molecule has 1 fully saturated rings. The number of unbranched alkanes of at least 4 members (excludes halogenated alkanes) is 1. The quantitative estimate of drug-likeness (QED) is 0.727. The Hall–Kier alpha value is -1.01. The number of thioether (sulfide) groups is 1. The molecule has 1 amide bonds. The van der Waals surface area contributed by atoms with Gasteiger partial charge < -0.3 is 9.64 Å². The van der Waals surface area contributed by atoms with Gasteiger partial charge in [0.1, 0.15) is 5.75 Å². The summed E-state index contributed by atoms with van der Waals surface area (Å²) >= 11 is 5.04. The molecule has 0 saturated carbocycles. The average molecular weight is 399 g/mol. The van der Waals surface area contributed by atoms with Crippen LogP contribution in [0.4, 0.5) is 0 Å². The predicted octanol–water partition coefficient (Wildman–Crippen LogP) is 4.58. The number of carbonyl (C=O) groups excluding carboxylic acids is 1. The van der Waals surface area contributed by atoms with Crippen molar-refractivity contribution >= 4 is 38.8 Å². The normalized spacial score (nSPS) is 18.5. The summed E-state index contributed by atoms with van der Waals surface area (Å²) in [6.45, 7) is 7.50. The van der Waals surface area contributed by atoms with Crippen LogP contribution < -0.4 is 4.74 Å². The molecule has 1 aromatic carbocycles. The first-order valence-corrected chi connectivity index (χ1v) is 9.54. The Labute approximate surface area is 150 Å². The standard InChI is InChI=1S/C17H23BrN2O2S/c1-5-6-9-20-16(23-11-17(20,2)3)19-15(21)13-8-7-12(18)10-14(13)22-4/h7-8,10H,5-6,9,11H2,1-4H3/b19-16-. The smallest absolute Gasteiger partial charge is 0.283 e. The van der Waals surface area contributed by atoms with Crippen molar-refractivity contribution in [1.29, 1.82) is 0 Å². The zero-order valence-electron chi connectivity index (χ0n) is 14.1. The van der Waals surface area contributed by atoms with Crippen molar-refractivity contribution in [1.82, 2.24) is 4.90 Å². The van der Waals surface area contributed by atoms with Crippen LogP contribution in [0.3, 0.4) is 0 Å². The summed E-state index contributed by atoms with van der Waals surface area (Å²) in [5.41, 5.74) is 0.520. The number of amides is 1. The van der Waals surface area contributed by atoms with Crippen LogP contribution in [0.5, 0.6) is 5.75 Å². The SMILES string of the molecule is CCCCN1/C(=N/C(=O)c2ccc(Br)cc2OC)SCC1(C)C. The number of halogens is 1. The van der Waals surface area contributed by atoms with Crippen molar-refractivity contribution in [2.45, 2.75) is 39.2 Å². The molecule has 23 heavy (non-hydrogen) atoms. The maximum absolute atomic E-state index is 12.6. The second-order valence-electron chi connectivity index (χ2n) is 6.15. The molecule has 0 radical (unpaired) electrons. The van der Waals surface area contributed by atoms with Gasteiger partial charge in [-0.25, -0.2) is 0 Å². The minimum atomic E-state index is -0.254. The van der Waals surface area contributed by atoms with Gasteiger partial charge in [0, 0.05) is 22.3 Å². The van der Waals surface area contributed by atoms with E-state index >= 15 is 0 Å². The molecule has 0 atom stereocenters. The fourth-order valence-corrected chi connectivity index (χ4v) is 4.07. The van der Waals surface area contributed by atoms with Crippen molar-refractivity contribution in [3.63, 3.8) is 0 Å². The van der Waals surface area contributed by atoms with Gasteiger partial charge in [0.2, 0.25) is 0 Å². The van der Waals surface area contributed by atoms with Gasteiger partial charge in [-0.3, -0.25) is 4.79 Å². The Balaban J connectivity index is 2.27. The summed E-state index contributed by atoms with van der Waals surface area (Å²) in [6.07, 6.45) is 2.22. The molecule has 1 aromatic rings. The molecule has 1 aliphatic heterocycles. The Morgan fingerprint density at radius 1 is 1.48 bits per heavy atom. The van der Waals surface area contributed by atoms with Gasteiger partial charge in [-0.2, -0.15) is 4.99 Å². The first-order valence-electron chi connectivity index (χ1n) is 7.76. The monoisotopic (exact) mass is 398 g/mol. The Morgan fingerprint density at radius 3 is 2.87 bits per heavy atom. The van der Waals surface area contributed by atoms with Crippen molar-refractivity contribution < 1.29 is 9.53 Å². The molecule has 0 spiro atoms. The van der Waals surface area contributed by atoms with E-state index in [0.29, 0.717) is 11.3 Å². The van der Waals surface area contributed by atoms with E-state index in [4.69, 9.17) is 4.74 Å². The molecule has 0 unspecified atom stereocenters. The molecule has 1 aliphatic rings. The summed E-state index contributed by atoms with van der Waals surface area (Å²) in [6, 6.07) is 5.36. The number of ether oxygens (including phenoxy) is 1. The fraction of sp³-hybridized carbons (Fsp3) is 0.529. The number of methoxy groups -OCH3 is 1. The molecule has 6 heteroatoms. The average Bonchev–Trinajstić information content (AvgIpc) is 2.79. The van der Waals surface area contributed by atoms with Crippen molar-refractivity contribution in [2.75, 3.05) is 19.4 Å². The molecule has 0 N–H and O–H groups in total. The van der Waals surface area contributed by atoms with Crippen LogP contribution in [-0.2, 0) is 0 Å². The first kappa shape index (κ1) is 18.3. The molecular formula is C17H23BrN2O2S. The number of amidine groups is 1. The summed E-state index contributed by atoms with van der Waals surface area (Å²) in [5, 5.41) is 0.818. The molecule has 0 aliphatic carbocycles. The highest BCUT2D eigenvalue weighted by atomic mass is 79.9. The van der Waals surface area contributed by atoms with E-state index in [1.54, 1.807) is 31.0 Å². The number of carbonyl (C=O) groups is 1. The van der Waals surface area contributed by atoms with Crippen molar-refractivity contribution in [3.8, 4) is 5.75 Å². The summed E-state index contributed by atoms with van der Waals surface area (Å²) in [4.78, 5) is 19.2. The Bertz CT molecular complexity index is 617. The lowest BCUT2D eigenvalue weighted by Crippen LogP contribution is -2.43. The van der Waals surface area contributed by atoms with E-state index in [-0.39, 0.29) is 11.4 Å². The van der Waals surface area contributed by atoms with Crippen LogP contribution in [0.2, 0.25) is 0 Å². The molecule has 2 rings (SSSR count). The molecule has 0 aromatic heterocycles. The lowest BCUT2D eigenvalue weighted by molar-refractivity contribution is 0.0998. The zero-order chi connectivity index (χ0) is 17.0. The van der Waals surface area contributed by atoms with Crippen LogP contribution in [0.1, 0.15) is 44.0 Å². The van der Waals surface area contributed by atoms with E-state index in [1.165, 1.54) is 0 Å².